The summed E-state index contributed by atoms with van der Waals surface area (Å²) >= 11 is 0. The average molecular weight is 543 g/mol. The molecule has 0 fully saturated rings. The Bertz CT molecular complexity index is 1390. The van der Waals surface area contributed by atoms with E-state index in [1.165, 1.54) is 0 Å². The molecule has 1 unspecified atom stereocenters. The van der Waals surface area contributed by atoms with E-state index in [-0.39, 0.29) is 24.4 Å². The third-order valence-electron chi connectivity index (χ3n) is 7.12. The van der Waals surface area contributed by atoms with E-state index in [1.807, 2.05) is 85.1 Å². The van der Waals surface area contributed by atoms with Crippen LogP contribution in [-0.2, 0) is 22.6 Å². The highest BCUT2D eigenvalue weighted by Gasteiger charge is 2.20. The van der Waals surface area contributed by atoms with E-state index in [2.05, 4.69) is 15.6 Å². The summed E-state index contributed by atoms with van der Waals surface area (Å²) in [6.45, 7) is 1.60. The monoisotopic (exact) mass is 542 g/mol. The second-order valence-corrected chi connectivity index (χ2v) is 10.00. The van der Waals surface area contributed by atoms with Crippen molar-refractivity contribution in [3.8, 4) is 5.75 Å². The van der Waals surface area contributed by atoms with Crippen molar-refractivity contribution in [3.05, 3.63) is 102 Å². The Labute approximate surface area is 235 Å². The molecule has 8 heteroatoms. The van der Waals surface area contributed by atoms with E-state index in [4.69, 9.17) is 4.74 Å². The highest BCUT2D eigenvalue weighted by molar-refractivity contribution is 5.83. The fourth-order valence-corrected chi connectivity index (χ4v) is 5.02. The maximum absolute atomic E-state index is 13.2. The number of fused-ring (bicyclic) bond motifs is 1. The molecule has 2 atom stereocenters. The molecule has 40 heavy (non-hydrogen) atoms. The number of benzene rings is 3. The van der Waals surface area contributed by atoms with Gasteiger partial charge in [0.15, 0.2) is 0 Å². The smallest absolute Gasteiger partial charge is 0.304 e. The van der Waals surface area contributed by atoms with Gasteiger partial charge >= 0.3 is 5.97 Å². The van der Waals surface area contributed by atoms with Crippen LogP contribution in [0.2, 0.25) is 0 Å². The van der Waals surface area contributed by atoms with Crippen molar-refractivity contribution < 1.29 is 19.4 Å². The summed E-state index contributed by atoms with van der Waals surface area (Å²) in [5, 5.41) is 17.5. The molecule has 1 heterocycles. The Balaban J connectivity index is 1.35. The zero-order valence-electron chi connectivity index (χ0n) is 23.1. The van der Waals surface area contributed by atoms with Crippen LogP contribution in [0, 0.1) is 0 Å². The molecular weight excluding hydrogens is 504 g/mol. The number of aliphatic carboxylic acids is 1. The van der Waals surface area contributed by atoms with Gasteiger partial charge < -0.3 is 30.4 Å². The molecule has 210 valence electrons. The van der Waals surface area contributed by atoms with Crippen LogP contribution < -0.4 is 15.4 Å². The van der Waals surface area contributed by atoms with Crippen molar-refractivity contribution in [3.63, 3.8) is 0 Å². The number of aromatic nitrogens is 1. The topological polar surface area (TPSA) is 107 Å². The number of carboxylic acids is 1. The lowest BCUT2D eigenvalue weighted by molar-refractivity contribution is -0.137. The average Bonchev–Trinajstić information content (AvgIpc) is 3.37. The number of nitrogens with one attached hydrogen (secondary N) is 3. The normalized spacial score (nSPS) is 12.7. The number of rotatable bonds is 15. The van der Waals surface area contributed by atoms with Crippen LogP contribution in [0.5, 0.6) is 5.75 Å². The Hall–Kier alpha value is -4.14. The highest BCUT2D eigenvalue weighted by Crippen LogP contribution is 2.22. The molecule has 0 saturated heterocycles. The van der Waals surface area contributed by atoms with Crippen LogP contribution in [0.25, 0.3) is 10.9 Å². The minimum Gasteiger partial charge on any atom is -0.496 e. The second kappa shape index (κ2) is 14.3. The Morgan fingerprint density at radius 1 is 0.900 bits per heavy atom. The molecule has 0 radical (unpaired) electrons. The number of H-pyrrole nitrogens is 1. The fraction of sp³-hybridized carbons (Fsp3) is 0.312. The number of carbonyl (C=O) groups excluding carboxylic acids is 1. The summed E-state index contributed by atoms with van der Waals surface area (Å²) < 4.78 is 5.44. The molecule has 0 saturated carbocycles. The Kier molecular flexibility index (Phi) is 10.3. The molecule has 0 aliphatic heterocycles. The molecule has 0 aliphatic carbocycles. The van der Waals surface area contributed by atoms with Gasteiger partial charge in [0.1, 0.15) is 5.75 Å². The maximum atomic E-state index is 13.2. The van der Waals surface area contributed by atoms with Gasteiger partial charge in [0.2, 0.25) is 5.91 Å². The molecule has 4 aromatic rings. The summed E-state index contributed by atoms with van der Waals surface area (Å²) in [6, 6.07) is 25.3. The van der Waals surface area contributed by atoms with E-state index < -0.39 is 5.97 Å². The number of carboxylic acid groups (broad SMARTS) is 1. The number of amides is 1. The van der Waals surface area contributed by atoms with E-state index in [1.54, 1.807) is 19.1 Å². The summed E-state index contributed by atoms with van der Waals surface area (Å²) in [5.41, 5.74) is 4.11. The summed E-state index contributed by atoms with van der Waals surface area (Å²) in [7, 11) is 3.44. The molecular formula is C32H38N4O4. The van der Waals surface area contributed by atoms with Gasteiger partial charge in [0.25, 0.3) is 0 Å². The van der Waals surface area contributed by atoms with Crippen LogP contribution in [0.3, 0.4) is 0 Å². The van der Waals surface area contributed by atoms with Crippen LogP contribution in [0.4, 0.5) is 0 Å². The van der Waals surface area contributed by atoms with E-state index in [9.17, 15) is 14.7 Å². The van der Waals surface area contributed by atoms with Gasteiger partial charge in [-0.25, -0.2) is 0 Å². The number of nitrogens with zero attached hydrogens (tertiary/aromatic N) is 1. The molecule has 0 aliphatic rings. The number of ether oxygens (including phenoxy) is 1. The van der Waals surface area contributed by atoms with Crippen molar-refractivity contribution in [1.29, 1.82) is 0 Å². The third-order valence-corrected chi connectivity index (χ3v) is 7.12. The van der Waals surface area contributed by atoms with Crippen LogP contribution in [-0.4, -0.2) is 60.2 Å². The van der Waals surface area contributed by atoms with E-state index in [0.29, 0.717) is 32.5 Å². The van der Waals surface area contributed by atoms with Gasteiger partial charge in [-0.3, -0.25) is 9.59 Å². The van der Waals surface area contributed by atoms with Crippen LogP contribution in [0.15, 0.2) is 85.1 Å². The number of methoxy groups -OCH3 is 1. The SMILES string of the molecule is COc1ccccc1CN(C)C(=O)C[C@H](NCCNC(CC(=O)O)Cc1c[nH]c2ccccc12)c1ccccc1. The van der Waals surface area contributed by atoms with Crippen LogP contribution >= 0.6 is 0 Å². The number of hydrogen-bond donors (Lipinski definition) is 4. The Morgan fingerprint density at radius 3 is 2.38 bits per heavy atom. The second-order valence-electron chi connectivity index (χ2n) is 10.00. The molecule has 4 rings (SSSR count). The minimum absolute atomic E-state index is 0.0170. The lowest BCUT2D eigenvalue weighted by atomic mass is 10.0. The molecule has 1 amide bonds. The van der Waals surface area contributed by atoms with Crippen molar-refractivity contribution >= 4 is 22.8 Å². The first-order chi connectivity index (χ1) is 19.4. The summed E-state index contributed by atoms with van der Waals surface area (Å²) in [4.78, 5) is 29.8. The van der Waals surface area contributed by atoms with E-state index in [0.717, 1.165) is 33.3 Å². The quantitative estimate of drug-likeness (QED) is 0.165. The molecule has 3 aromatic carbocycles. The van der Waals surface area contributed by atoms with Gasteiger partial charge in [-0.15, -0.1) is 0 Å². The minimum atomic E-state index is -0.837. The van der Waals surface area contributed by atoms with E-state index >= 15 is 0 Å². The number of hydrogen-bond acceptors (Lipinski definition) is 5. The zero-order valence-corrected chi connectivity index (χ0v) is 23.1. The number of para-hydroxylation sites is 2. The summed E-state index contributed by atoms with van der Waals surface area (Å²) in [6.07, 6.45) is 2.88. The standard InChI is InChI=1S/C32H38N4O4/c1-36(22-24-12-6-9-15-30(24)40-2)31(37)20-29(23-10-4-3-5-11-23)34-17-16-33-26(19-32(38)39)18-25-21-35-28-14-8-7-13-27(25)28/h3-15,21,26,29,33-35H,16-20,22H2,1-2H3,(H,38,39)/t26?,29-/m0/s1. The molecule has 1 aromatic heterocycles. The predicted molar refractivity (Wildman–Crippen MR) is 157 cm³/mol. The molecule has 0 spiro atoms. The number of aromatic amines is 1. The van der Waals surface area contributed by atoms with Crippen molar-refractivity contribution in [1.82, 2.24) is 20.5 Å². The summed E-state index contributed by atoms with van der Waals surface area (Å²) in [5.74, 6) is -0.0611. The van der Waals surface area contributed by atoms with Gasteiger partial charge in [0.05, 0.1) is 13.5 Å². The first-order valence-electron chi connectivity index (χ1n) is 13.6. The number of carbonyl (C=O) groups is 2. The van der Waals surface area contributed by atoms with Crippen LogP contribution in [0.1, 0.15) is 35.6 Å². The first-order valence-corrected chi connectivity index (χ1v) is 13.6. The predicted octanol–water partition coefficient (Wildman–Crippen LogP) is 4.53. The molecule has 8 nitrogen and oxygen atoms in total. The third kappa shape index (κ3) is 7.94. The lowest BCUT2D eigenvalue weighted by Gasteiger charge is -2.24. The zero-order chi connectivity index (χ0) is 28.3. The largest absolute Gasteiger partial charge is 0.496 e. The Morgan fingerprint density at radius 2 is 1.60 bits per heavy atom. The molecule has 0 bridgehead atoms. The van der Waals surface area contributed by atoms with Gasteiger partial charge in [0, 0.05) is 67.8 Å². The van der Waals surface area contributed by atoms with Crippen molar-refractivity contribution in [2.24, 2.45) is 0 Å². The lowest BCUT2D eigenvalue weighted by Crippen LogP contribution is -2.39. The van der Waals surface area contributed by atoms with Gasteiger partial charge in [-0.1, -0.05) is 66.7 Å². The maximum Gasteiger partial charge on any atom is 0.304 e. The van der Waals surface area contributed by atoms with Gasteiger partial charge in [-0.05, 0) is 29.7 Å². The van der Waals surface area contributed by atoms with Gasteiger partial charge in [-0.2, -0.15) is 0 Å². The fourth-order valence-electron chi connectivity index (χ4n) is 5.02. The van der Waals surface area contributed by atoms with Crippen molar-refractivity contribution in [2.75, 3.05) is 27.2 Å². The first kappa shape index (κ1) is 28.9. The highest BCUT2D eigenvalue weighted by atomic mass is 16.5. The van der Waals surface area contributed by atoms with Crippen molar-refractivity contribution in [2.45, 2.75) is 37.9 Å². The molecule has 4 N–H and O–H groups in total.